The SMILES string of the molecule is CO.COC(C)=O.Cl.ClCCl. The molecule has 0 radical (unpaired) electrons. The van der Waals surface area contributed by atoms with Crippen LogP contribution in [0.1, 0.15) is 6.92 Å². The van der Waals surface area contributed by atoms with E-state index in [0.717, 1.165) is 7.11 Å². The summed E-state index contributed by atoms with van der Waals surface area (Å²) in [5.74, 6) is -0.245. The number of halogens is 3. The van der Waals surface area contributed by atoms with Gasteiger partial charge in [0.2, 0.25) is 0 Å². The van der Waals surface area contributed by atoms with Crippen LogP contribution in [0.25, 0.3) is 0 Å². The van der Waals surface area contributed by atoms with Crippen molar-refractivity contribution in [2.24, 2.45) is 0 Å². The van der Waals surface area contributed by atoms with Crippen LogP contribution in [-0.2, 0) is 9.53 Å². The Bertz CT molecular complexity index is 60.9. The average Bonchev–Trinajstić information content (AvgIpc) is 1.94. The molecule has 3 nitrogen and oxygen atoms in total. The van der Waals surface area contributed by atoms with Gasteiger partial charge in [-0.25, -0.2) is 0 Å². The van der Waals surface area contributed by atoms with Gasteiger partial charge < -0.3 is 9.84 Å². The van der Waals surface area contributed by atoms with Gasteiger partial charge in [-0.2, -0.15) is 0 Å². The van der Waals surface area contributed by atoms with E-state index in [1.807, 2.05) is 0 Å². The number of rotatable bonds is 0. The van der Waals surface area contributed by atoms with Crippen LogP contribution in [-0.4, -0.2) is 30.6 Å². The molecule has 0 heterocycles. The van der Waals surface area contributed by atoms with Crippen molar-refractivity contribution in [3.05, 3.63) is 0 Å². The zero-order chi connectivity index (χ0) is 8.99. The predicted octanol–water partition coefficient (Wildman–Crippen LogP) is 1.63. The molecule has 0 aromatic heterocycles. The number of hydrogen-bond donors (Lipinski definition) is 1. The molecule has 0 atom stereocenters. The Hall–Kier alpha value is 0.300. The number of alkyl halides is 2. The lowest BCUT2D eigenvalue weighted by atomic mass is 10.8. The van der Waals surface area contributed by atoms with E-state index in [1.54, 1.807) is 0 Å². The number of aliphatic hydroxyl groups is 1. The highest BCUT2D eigenvalue weighted by atomic mass is 35.5. The van der Waals surface area contributed by atoms with Crippen molar-refractivity contribution in [3.63, 3.8) is 0 Å². The molecule has 72 valence electrons. The summed E-state index contributed by atoms with van der Waals surface area (Å²) in [4.78, 5) is 9.59. The number of aliphatic hydroxyl groups excluding tert-OH is 1. The molecule has 0 spiro atoms. The van der Waals surface area contributed by atoms with Crippen molar-refractivity contribution in [1.82, 2.24) is 0 Å². The third-order valence-corrected chi connectivity index (χ3v) is 0.287. The molecule has 0 fully saturated rings. The number of hydrogen-bond acceptors (Lipinski definition) is 3. The normalized spacial score (nSPS) is 5.27. The molecule has 0 amide bonds. The topological polar surface area (TPSA) is 46.5 Å². The number of methoxy groups -OCH3 is 1. The Morgan fingerprint density at radius 2 is 1.55 bits per heavy atom. The molecule has 0 unspecified atom stereocenters. The Kier molecular flexibility index (Phi) is 64.9. The summed E-state index contributed by atoms with van der Waals surface area (Å²) in [5.41, 5.74) is 0. The second-order valence-corrected chi connectivity index (χ2v) is 1.60. The molecule has 1 N–H and O–H groups in total. The Morgan fingerprint density at radius 1 is 1.45 bits per heavy atom. The molecule has 0 saturated carbocycles. The van der Waals surface area contributed by atoms with Crippen LogP contribution >= 0.6 is 35.6 Å². The summed E-state index contributed by atoms with van der Waals surface area (Å²) in [7, 11) is 2.35. The third-order valence-electron chi connectivity index (χ3n) is 0.287. The summed E-state index contributed by atoms with van der Waals surface area (Å²) in [6.07, 6.45) is 0. The maximum Gasteiger partial charge on any atom is 0.302 e. The molecular formula is C5H13Cl3O3. The highest BCUT2D eigenvalue weighted by Gasteiger charge is 1.75. The first-order valence-corrected chi connectivity index (χ1v) is 3.37. The number of esters is 1. The van der Waals surface area contributed by atoms with E-state index < -0.39 is 0 Å². The lowest BCUT2D eigenvalue weighted by molar-refractivity contribution is -0.137. The standard InChI is InChI=1S/C3H6O2.CH2Cl2.CH4O.ClH/c1-3(4)5-2;2-1-3;1-2;/h1-2H3;1H2;2H,1H3;1H. The van der Waals surface area contributed by atoms with E-state index in [4.69, 9.17) is 28.3 Å². The smallest absolute Gasteiger partial charge is 0.302 e. The highest BCUT2D eigenvalue weighted by molar-refractivity contribution is 6.40. The molecule has 0 aliphatic carbocycles. The minimum atomic E-state index is -0.245. The zero-order valence-electron chi connectivity index (χ0n) is 6.63. The highest BCUT2D eigenvalue weighted by Crippen LogP contribution is 1.73. The van der Waals surface area contributed by atoms with Gasteiger partial charge in [-0.3, -0.25) is 4.79 Å². The summed E-state index contributed by atoms with van der Waals surface area (Å²) >= 11 is 9.53. The van der Waals surface area contributed by atoms with Crippen molar-refractivity contribution in [1.29, 1.82) is 0 Å². The maximum atomic E-state index is 9.59. The van der Waals surface area contributed by atoms with Crippen LogP contribution in [0.5, 0.6) is 0 Å². The van der Waals surface area contributed by atoms with E-state index in [2.05, 4.69) is 4.74 Å². The minimum Gasteiger partial charge on any atom is -0.469 e. The largest absolute Gasteiger partial charge is 0.469 e. The fourth-order valence-electron chi connectivity index (χ4n) is 0. The van der Waals surface area contributed by atoms with Crippen LogP contribution in [0.15, 0.2) is 0 Å². The van der Waals surface area contributed by atoms with Crippen LogP contribution in [0.3, 0.4) is 0 Å². The summed E-state index contributed by atoms with van der Waals surface area (Å²) in [5, 5.41) is 7.19. The van der Waals surface area contributed by atoms with Crippen LogP contribution in [0.2, 0.25) is 0 Å². The monoisotopic (exact) mass is 226 g/mol. The van der Waals surface area contributed by atoms with Gasteiger partial charge in [0.1, 0.15) is 0 Å². The number of carbonyl (C=O) groups is 1. The van der Waals surface area contributed by atoms with Crippen molar-refractivity contribution < 1.29 is 14.6 Å². The first kappa shape index (κ1) is 22.5. The molecule has 6 heteroatoms. The van der Waals surface area contributed by atoms with Crippen LogP contribution in [0, 0.1) is 0 Å². The van der Waals surface area contributed by atoms with Crippen LogP contribution < -0.4 is 0 Å². The molecule has 0 aliphatic rings. The van der Waals surface area contributed by atoms with Gasteiger partial charge in [-0.05, 0) is 0 Å². The predicted molar refractivity (Wildman–Crippen MR) is 49.7 cm³/mol. The molecule has 0 bridgehead atoms. The minimum absolute atomic E-state index is 0. The molecule has 0 rings (SSSR count). The fraction of sp³-hybridized carbons (Fsp3) is 0.800. The number of ether oxygens (including phenoxy) is 1. The molecule has 0 aromatic carbocycles. The Morgan fingerprint density at radius 3 is 1.55 bits per heavy atom. The van der Waals surface area contributed by atoms with Gasteiger partial charge in [0.15, 0.2) is 0 Å². The average molecular weight is 228 g/mol. The molecule has 0 saturated heterocycles. The lowest BCUT2D eigenvalue weighted by Crippen LogP contribution is -1.88. The molecular weight excluding hydrogens is 214 g/mol. The lowest BCUT2D eigenvalue weighted by Gasteiger charge is -1.80. The quantitative estimate of drug-likeness (QED) is 0.505. The van der Waals surface area contributed by atoms with E-state index in [9.17, 15) is 4.79 Å². The van der Waals surface area contributed by atoms with E-state index >= 15 is 0 Å². The summed E-state index contributed by atoms with van der Waals surface area (Å²) in [6, 6.07) is 0. The molecule has 11 heavy (non-hydrogen) atoms. The maximum absolute atomic E-state index is 9.59. The second-order valence-electron chi connectivity index (χ2n) is 0.797. The fourth-order valence-corrected chi connectivity index (χ4v) is 0. The third kappa shape index (κ3) is 134. The van der Waals surface area contributed by atoms with Crippen molar-refractivity contribution in [2.45, 2.75) is 6.92 Å². The Balaban J connectivity index is -0.0000000360. The Labute approximate surface area is 83.0 Å². The van der Waals surface area contributed by atoms with E-state index in [-0.39, 0.29) is 23.7 Å². The van der Waals surface area contributed by atoms with Crippen molar-refractivity contribution in [2.75, 3.05) is 19.6 Å². The number of carbonyl (C=O) groups excluding carboxylic acids is 1. The van der Waals surface area contributed by atoms with E-state index in [0.29, 0.717) is 0 Å². The molecule has 0 aliphatic heterocycles. The second kappa shape index (κ2) is 31.7. The summed E-state index contributed by atoms with van der Waals surface area (Å²) < 4.78 is 4.11. The van der Waals surface area contributed by atoms with Gasteiger partial charge in [0.05, 0.1) is 12.4 Å². The first-order valence-electron chi connectivity index (χ1n) is 2.30. The van der Waals surface area contributed by atoms with Gasteiger partial charge >= 0.3 is 5.97 Å². The summed E-state index contributed by atoms with van der Waals surface area (Å²) in [6.45, 7) is 1.36. The van der Waals surface area contributed by atoms with Gasteiger partial charge in [-0.1, -0.05) is 0 Å². The van der Waals surface area contributed by atoms with Gasteiger partial charge in [0, 0.05) is 14.0 Å². The molecule has 0 aromatic rings. The van der Waals surface area contributed by atoms with Crippen molar-refractivity contribution in [3.8, 4) is 0 Å². The van der Waals surface area contributed by atoms with Gasteiger partial charge in [0.25, 0.3) is 0 Å². The van der Waals surface area contributed by atoms with Crippen molar-refractivity contribution >= 4 is 41.6 Å². The van der Waals surface area contributed by atoms with Gasteiger partial charge in [-0.15, -0.1) is 35.6 Å². The van der Waals surface area contributed by atoms with E-state index in [1.165, 1.54) is 14.0 Å². The zero-order valence-corrected chi connectivity index (χ0v) is 8.96. The first-order chi connectivity index (χ1) is 4.68. The van der Waals surface area contributed by atoms with Crippen LogP contribution in [0.4, 0.5) is 0 Å².